The SMILES string of the molecule is COc1cc(Cc2cc(Oc3ccc(NC(=O)Nc4cc(C(C)(C)C)cc(NS(C)(=O)=O)c4OC)c4ccccc34)ccn2)ccc1C(=O)CCCN1CCN(C(=O)[C@@H](N)CCC(=O)O)CC1. The molecule has 1 aromatic heterocycles. The maximum atomic E-state index is 13.6. The second kappa shape index (κ2) is 21.7. The van der Waals surface area contributed by atoms with Crippen LogP contribution in [-0.4, -0.2) is 111 Å². The van der Waals surface area contributed by atoms with Crippen LogP contribution >= 0.6 is 0 Å². The first-order chi connectivity index (χ1) is 31.8. The van der Waals surface area contributed by atoms with E-state index in [0.717, 1.165) is 28.5 Å². The van der Waals surface area contributed by atoms with Crippen molar-refractivity contribution in [3.63, 3.8) is 0 Å². The van der Waals surface area contributed by atoms with Gasteiger partial charge in [0, 0.05) is 74.2 Å². The smallest absolute Gasteiger partial charge is 0.323 e. The van der Waals surface area contributed by atoms with Crippen molar-refractivity contribution in [2.24, 2.45) is 5.73 Å². The minimum atomic E-state index is -3.66. The summed E-state index contributed by atoms with van der Waals surface area (Å²) in [5.74, 6) is 0.482. The van der Waals surface area contributed by atoms with E-state index in [1.54, 1.807) is 47.5 Å². The molecule has 0 saturated carbocycles. The van der Waals surface area contributed by atoms with E-state index in [0.29, 0.717) is 85.9 Å². The summed E-state index contributed by atoms with van der Waals surface area (Å²) in [6.07, 6.45) is 4.06. The molecule has 67 heavy (non-hydrogen) atoms. The highest BCUT2D eigenvalue weighted by Crippen LogP contribution is 2.40. The van der Waals surface area contributed by atoms with Crippen LogP contribution in [0.1, 0.15) is 73.6 Å². The lowest BCUT2D eigenvalue weighted by Crippen LogP contribution is -2.53. The molecule has 2 heterocycles. The predicted molar refractivity (Wildman–Crippen MR) is 258 cm³/mol. The number of nitrogens with one attached hydrogen (secondary N) is 3. The molecule has 1 saturated heterocycles. The largest absolute Gasteiger partial charge is 0.496 e. The number of aliphatic carboxylic acids is 1. The molecule has 1 fully saturated rings. The third kappa shape index (κ3) is 13.4. The number of hydrogen-bond donors (Lipinski definition) is 5. The molecule has 0 aliphatic carbocycles. The van der Waals surface area contributed by atoms with Gasteiger partial charge >= 0.3 is 12.0 Å². The van der Waals surface area contributed by atoms with E-state index in [9.17, 15) is 27.6 Å². The van der Waals surface area contributed by atoms with Gasteiger partial charge in [0.1, 0.15) is 17.2 Å². The molecule has 3 amide bonds. The molecule has 18 heteroatoms. The number of nitrogens with zero attached hydrogens (tertiary/aromatic N) is 3. The third-order valence-electron chi connectivity index (χ3n) is 11.4. The summed E-state index contributed by atoms with van der Waals surface area (Å²) in [6.45, 7) is 8.92. The molecule has 1 aliphatic heterocycles. The van der Waals surface area contributed by atoms with Gasteiger partial charge in [-0.3, -0.25) is 29.0 Å². The summed E-state index contributed by atoms with van der Waals surface area (Å²) in [7, 11) is -0.721. The van der Waals surface area contributed by atoms with Gasteiger partial charge in [-0.25, -0.2) is 13.2 Å². The fourth-order valence-corrected chi connectivity index (χ4v) is 8.40. The first-order valence-corrected chi connectivity index (χ1v) is 23.8. The molecular weight excluding hydrogens is 879 g/mol. The van der Waals surface area contributed by atoms with Crippen molar-refractivity contribution in [2.75, 3.05) is 68.6 Å². The first kappa shape index (κ1) is 49.7. The van der Waals surface area contributed by atoms with Gasteiger partial charge < -0.3 is 40.6 Å². The summed E-state index contributed by atoms with van der Waals surface area (Å²) >= 11 is 0. The van der Waals surface area contributed by atoms with Gasteiger partial charge in [0.2, 0.25) is 15.9 Å². The number of hydrogen-bond acceptors (Lipinski definition) is 12. The number of Topliss-reactive ketones (excluding diaryl/α,β-unsaturated/α-hetero) is 1. The van der Waals surface area contributed by atoms with Crippen LogP contribution in [0.25, 0.3) is 10.8 Å². The summed E-state index contributed by atoms with van der Waals surface area (Å²) in [6, 6.07) is 22.2. The van der Waals surface area contributed by atoms with Crippen molar-refractivity contribution < 1.29 is 46.9 Å². The number of rotatable bonds is 19. The monoisotopic (exact) mass is 937 g/mol. The van der Waals surface area contributed by atoms with Gasteiger partial charge in [-0.15, -0.1) is 0 Å². The molecule has 0 unspecified atom stereocenters. The number of carbonyl (C=O) groups is 4. The number of aromatic nitrogens is 1. The summed E-state index contributed by atoms with van der Waals surface area (Å²) in [4.78, 5) is 58.8. The number of amides is 3. The lowest BCUT2D eigenvalue weighted by Gasteiger charge is -2.35. The Hall–Kier alpha value is -6.76. The number of ketones is 1. The number of piperazine rings is 1. The topological polar surface area (TPSA) is 232 Å². The number of carboxylic acid groups (broad SMARTS) is 1. The molecule has 5 aromatic rings. The Bertz CT molecular complexity index is 2730. The normalized spacial score (nSPS) is 13.7. The Balaban J connectivity index is 1.07. The number of nitrogens with two attached hydrogens (primary N) is 1. The fraction of sp³-hybridized carbons (Fsp3) is 0.367. The highest BCUT2D eigenvalue weighted by atomic mass is 32.2. The van der Waals surface area contributed by atoms with Gasteiger partial charge in [0.15, 0.2) is 11.5 Å². The van der Waals surface area contributed by atoms with Crippen LogP contribution in [0.15, 0.2) is 85.1 Å². The van der Waals surface area contributed by atoms with E-state index in [1.807, 2.05) is 63.2 Å². The Labute approximate surface area is 391 Å². The summed E-state index contributed by atoms with van der Waals surface area (Å²) in [5.41, 5.74) is 9.42. The zero-order valence-corrected chi connectivity index (χ0v) is 39.5. The molecule has 0 spiro atoms. The number of pyridine rings is 1. The number of benzene rings is 4. The van der Waals surface area contributed by atoms with Crippen LogP contribution < -0.4 is 35.3 Å². The third-order valence-corrected chi connectivity index (χ3v) is 11.9. The van der Waals surface area contributed by atoms with Crippen molar-refractivity contribution in [2.45, 2.75) is 64.3 Å². The zero-order chi connectivity index (χ0) is 48.5. The number of sulfonamides is 1. The Morgan fingerprint density at radius 2 is 1.54 bits per heavy atom. The van der Waals surface area contributed by atoms with Gasteiger partial charge in [0.25, 0.3) is 0 Å². The number of anilines is 3. The van der Waals surface area contributed by atoms with Crippen LogP contribution in [0.2, 0.25) is 0 Å². The number of urea groups is 1. The Morgan fingerprint density at radius 1 is 0.836 bits per heavy atom. The van der Waals surface area contributed by atoms with Crippen LogP contribution in [-0.2, 0) is 31.4 Å². The Morgan fingerprint density at radius 3 is 2.21 bits per heavy atom. The van der Waals surface area contributed by atoms with Crippen LogP contribution in [0.5, 0.6) is 23.0 Å². The van der Waals surface area contributed by atoms with Gasteiger partial charge in [-0.2, -0.15) is 0 Å². The number of carboxylic acids is 1. The molecule has 6 rings (SSSR count). The molecule has 1 atom stereocenters. The van der Waals surface area contributed by atoms with Gasteiger partial charge in [-0.1, -0.05) is 51.1 Å². The van der Waals surface area contributed by atoms with Crippen molar-refractivity contribution in [1.29, 1.82) is 0 Å². The maximum absolute atomic E-state index is 13.6. The molecule has 0 bridgehead atoms. The summed E-state index contributed by atoms with van der Waals surface area (Å²) < 4.78 is 44.6. The fourth-order valence-electron chi connectivity index (χ4n) is 7.85. The minimum Gasteiger partial charge on any atom is -0.496 e. The molecule has 6 N–H and O–H groups in total. The molecule has 356 valence electrons. The highest BCUT2D eigenvalue weighted by molar-refractivity contribution is 7.92. The van der Waals surface area contributed by atoms with Crippen molar-refractivity contribution >= 4 is 61.5 Å². The van der Waals surface area contributed by atoms with Crippen LogP contribution in [0.4, 0.5) is 21.9 Å². The lowest BCUT2D eigenvalue weighted by molar-refractivity contribution is -0.138. The molecular formula is C49H59N7O10S. The number of fused-ring (bicyclic) bond motifs is 1. The van der Waals surface area contributed by atoms with Gasteiger partial charge in [0.05, 0.1) is 49.1 Å². The number of carbonyl (C=O) groups excluding carboxylic acids is 3. The van der Waals surface area contributed by atoms with Crippen LogP contribution in [0, 0.1) is 0 Å². The zero-order valence-electron chi connectivity index (χ0n) is 38.7. The number of methoxy groups -OCH3 is 2. The van der Waals surface area contributed by atoms with E-state index in [4.69, 9.17) is 25.1 Å². The van der Waals surface area contributed by atoms with Crippen molar-refractivity contribution in [3.8, 4) is 23.0 Å². The first-order valence-electron chi connectivity index (χ1n) is 21.9. The maximum Gasteiger partial charge on any atom is 0.323 e. The summed E-state index contributed by atoms with van der Waals surface area (Å²) in [5, 5.41) is 16.1. The average Bonchev–Trinajstić information content (AvgIpc) is 3.28. The molecule has 0 radical (unpaired) electrons. The second-order valence-electron chi connectivity index (χ2n) is 17.5. The molecule has 4 aromatic carbocycles. The second-order valence-corrected chi connectivity index (χ2v) is 19.2. The van der Waals surface area contributed by atoms with Crippen LogP contribution in [0.3, 0.4) is 0 Å². The van der Waals surface area contributed by atoms with Gasteiger partial charge in [-0.05, 0) is 78.4 Å². The lowest BCUT2D eigenvalue weighted by atomic mass is 9.86. The standard InChI is InChI=1S/C49H59N7O10S/c1-49(2,3)32-28-40(46(65-5)41(29-32)54-67(6,62)63)53-48(61)52-39-16-17-43(36-11-8-7-10-35(36)39)66-34-19-20-51-33(30-34)26-31-13-14-37(44(27-31)64-4)42(57)12-9-21-55-22-24-56(25-23-55)47(60)38(50)15-18-45(58)59/h7-8,10-11,13-14,16-17,19-20,27-30,38,54H,9,12,15,18,21-26,50H2,1-6H3,(H,58,59)(H2,52,53,61)/t38-/m0/s1. The quantitative estimate of drug-likeness (QED) is 0.0515. The molecule has 17 nitrogen and oxygen atoms in total. The minimum absolute atomic E-state index is 0.0339. The van der Waals surface area contributed by atoms with E-state index in [-0.39, 0.29) is 47.1 Å². The van der Waals surface area contributed by atoms with E-state index >= 15 is 0 Å². The highest BCUT2D eigenvalue weighted by Gasteiger charge is 2.26. The number of ether oxygens (including phenoxy) is 3. The van der Waals surface area contributed by atoms with E-state index in [2.05, 4.69) is 25.2 Å². The molecule has 1 aliphatic rings. The predicted octanol–water partition coefficient (Wildman–Crippen LogP) is 7.25. The van der Waals surface area contributed by atoms with Crippen molar-refractivity contribution in [1.82, 2.24) is 14.8 Å². The Kier molecular flexibility index (Phi) is 16.1. The van der Waals surface area contributed by atoms with E-state index < -0.39 is 28.1 Å². The average molecular weight is 938 g/mol. The van der Waals surface area contributed by atoms with Crippen molar-refractivity contribution in [3.05, 3.63) is 107 Å². The van der Waals surface area contributed by atoms with E-state index in [1.165, 1.54) is 14.2 Å².